The fourth-order valence-electron chi connectivity index (χ4n) is 3.71. The Kier molecular flexibility index (Phi) is 5.18. The molecule has 3 aromatic rings. The van der Waals surface area contributed by atoms with Crippen molar-refractivity contribution in [3.8, 4) is 28.4 Å². The predicted octanol–water partition coefficient (Wildman–Crippen LogP) is 5.27. The molecule has 0 unspecified atom stereocenters. The van der Waals surface area contributed by atoms with E-state index in [2.05, 4.69) is 11.4 Å². The molecule has 2 heterocycles. The minimum atomic E-state index is 0.735. The summed E-state index contributed by atoms with van der Waals surface area (Å²) < 4.78 is 13.0. The molecule has 6 heteroatoms. The van der Waals surface area contributed by atoms with Gasteiger partial charge in [-0.2, -0.15) is 5.10 Å². The Morgan fingerprint density at radius 2 is 1.96 bits per heavy atom. The Morgan fingerprint density at radius 1 is 1.11 bits per heavy atom. The van der Waals surface area contributed by atoms with E-state index in [4.69, 9.17) is 26.2 Å². The minimum absolute atomic E-state index is 0.735. The molecular weight excluding hydrogens is 374 g/mol. The highest BCUT2D eigenvalue weighted by Crippen LogP contribution is 2.40. The summed E-state index contributed by atoms with van der Waals surface area (Å²) in [5.41, 5.74) is 5.09. The molecule has 0 atom stereocenters. The minimum Gasteiger partial charge on any atom is -0.497 e. The molecule has 0 radical (unpaired) electrons. The highest BCUT2D eigenvalue weighted by molar-refractivity contribution is 6.31. The van der Waals surface area contributed by atoms with Gasteiger partial charge in [0.05, 0.1) is 19.9 Å². The van der Waals surface area contributed by atoms with Crippen molar-refractivity contribution in [3.05, 3.63) is 52.5 Å². The number of hydrogen-bond acceptors (Lipinski definition) is 4. The number of methoxy groups -OCH3 is 2. The highest BCUT2D eigenvalue weighted by Gasteiger charge is 2.24. The van der Waals surface area contributed by atoms with Crippen LogP contribution in [0.4, 0.5) is 5.82 Å². The maximum Gasteiger partial charge on any atom is 0.133 e. The molecule has 0 fully saturated rings. The van der Waals surface area contributed by atoms with Crippen LogP contribution in [0.5, 0.6) is 11.5 Å². The van der Waals surface area contributed by atoms with Gasteiger partial charge in [0.15, 0.2) is 0 Å². The maximum atomic E-state index is 6.39. The first-order valence-electron chi connectivity index (χ1n) is 9.47. The number of nitrogens with zero attached hydrogens (tertiary/aromatic N) is 2. The molecule has 1 aromatic heterocycles. The van der Waals surface area contributed by atoms with Gasteiger partial charge in [0, 0.05) is 28.8 Å². The van der Waals surface area contributed by atoms with Gasteiger partial charge in [-0.1, -0.05) is 17.7 Å². The van der Waals surface area contributed by atoms with Crippen LogP contribution in [0.15, 0.2) is 36.4 Å². The molecule has 1 aliphatic rings. The average Bonchev–Trinajstić information content (AvgIpc) is 2.90. The summed E-state index contributed by atoms with van der Waals surface area (Å²) in [6.07, 6.45) is 3.21. The lowest BCUT2D eigenvalue weighted by atomic mass is 10.0. The molecule has 28 heavy (non-hydrogen) atoms. The van der Waals surface area contributed by atoms with Crippen molar-refractivity contribution in [2.45, 2.75) is 26.2 Å². The number of hydrogen-bond donors (Lipinski definition) is 1. The van der Waals surface area contributed by atoms with Crippen molar-refractivity contribution in [2.24, 2.45) is 0 Å². The number of aromatic nitrogens is 2. The zero-order chi connectivity index (χ0) is 19.7. The molecule has 0 amide bonds. The average molecular weight is 398 g/mol. The molecule has 146 valence electrons. The first-order chi connectivity index (χ1) is 13.6. The van der Waals surface area contributed by atoms with Gasteiger partial charge < -0.3 is 14.8 Å². The van der Waals surface area contributed by atoms with Crippen molar-refractivity contribution < 1.29 is 9.47 Å². The van der Waals surface area contributed by atoms with E-state index in [-0.39, 0.29) is 0 Å². The molecule has 0 saturated carbocycles. The van der Waals surface area contributed by atoms with Gasteiger partial charge in [0.25, 0.3) is 0 Å². The number of halogens is 1. The number of fused-ring (bicyclic) bond motifs is 1. The van der Waals surface area contributed by atoms with Crippen LogP contribution >= 0.6 is 11.6 Å². The second-order valence-electron chi connectivity index (χ2n) is 6.92. The highest BCUT2D eigenvalue weighted by atomic mass is 35.5. The van der Waals surface area contributed by atoms with E-state index >= 15 is 0 Å². The second-order valence-corrected chi connectivity index (χ2v) is 7.33. The van der Waals surface area contributed by atoms with E-state index in [1.807, 2.05) is 41.9 Å². The van der Waals surface area contributed by atoms with Crippen molar-refractivity contribution in [1.82, 2.24) is 9.78 Å². The topological polar surface area (TPSA) is 48.3 Å². The maximum absolute atomic E-state index is 6.39. The number of anilines is 1. The summed E-state index contributed by atoms with van der Waals surface area (Å²) in [4.78, 5) is 0. The third-order valence-electron chi connectivity index (χ3n) is 5.26. The summed E-state index contributed by atoms with van der Waals surface area (Å²) in [7, 11) is 3.33. The zero-order valence-corrected chi connectivity index (χ0v) is 17.1. The van der Waals surface area contributed by atoms with Gasteiger partial charge in [-0.15, -0.1) is 0 Å². The Morgan fingerprint density at radius 3 is 2.75 bits per heavy atom. The van der Waals surface area contributed by atoms with Crippen LogP contribution < -0.4 is 14.8 Å². The SMILES string of the molecule is COc1ccc(-c2nn(-c3cccc(Cl)c3C)c3c2CCCCN3)c(OC)c1. The normalized spacial score (nSPS) is 13.4. The van der Waals surface area contributed by atoms with Crippen molar-refractivity contribution in [1.29, 1.82) is 0 Å². The monoisotopic (exact) mass is 397 g/mol. The van der Waals surface area contributed by atoms with Crippen LogP contribution in [0, 0.1) is 6.92 Å². The van der Waals surface area contributed by atoms with Gasteiger partial charge in [-0.25, -0.2) is 4.68 Å². The predicted molar refractivity (Wildman–Crippen MR) is 113 cm³/mol. The molecule has 0 spiro atoms. The van der Waals surface area contributed by atoms with Crippen LogP contribution in [-0.4, -0.2) is 30.5 Å². The summed E-state index contributed by atoms with van der Waals surface area (Å²) in [6, 6.07) is 11.8. The molecule has 0 saturated heterocycles. The molecule has 1 N–H and O–H groups in total. The van der Waals surface area contributed by atoms with Gasteiger partial charge in [0.2, 0.25) is 0 Å². The van der Waals surface area contributed by atoms with E-state index < -0.39 is 0 Å². The lowest BCUT2D eigenvalue weighted by Crippen LogP contribution is -2.08. The smallest absolute Gasteiger partial charge is 0.133 e. The molecule has 1 aliphatic heterocycles. The van der Waals surface area contributed by atoms with Crippen molar-refractivity contribution >= 4 is 17.4 Å². The molecule has 4 rings (SSSR count). The Bertz CT molecular complexity index is 1010. The quantitative estimate of drug-likeness (QED) is 0.651. The van der Waals surface area contributed by atoms with Crippen LogP contribution in [0.3, 0.4) is 0 Å². The van der Waals surface area contributed by atoms with Gasteiger partial charge in [0.1, 0.15) is 23.0 Å². The Labute approximate surface area is 170 Å². The zero-order valence-electron chi connectivity index (χ0n) is 16.4. The van der Waals surface area contributed by atoms with E-state index in [0.717, 1.165) is 70.7 Å². The summed E-state index contributed by atoms with van der Waals surface area (Å²) in [5.74, 6) is 2.55. The van der Waals surface area contributed by atoms with Crippen molar-refractivity contribution in [2.75, 3.05) is 26.1 Å². The van der Waals surface area contributed by atoms with E-state index in [1.165, 1.54) is 5.56 Å². The van der Waals surface area contributed by atoms with Gasteiger partial charge >= 0.3 is 0 Å². The lowest BCUT2D eigenvalue weighted by Gasteiger charge is -2.12. The molecule has 0 aliphatic carbocycles. The van der Waals surface area contributed by atoms with E-state index in [0.29, 0.717) is 0 Å². The van der Waals surface area contributed by atoms with Gasteiger partial charge in [-0.3, -0.25) is 0 Å². The summed E-state index contributed by atoms with van der Waals surface area (Å²) >= 11 is 6.39. The summed E-state index contributed by atoms with van der Waals surface area (Å²) in [6.45, 7) is 2.95. The third kappa shape index (κ3) is 3.20. The number of nitrogens with one attached hydrogen (secondary N) is 1. The number of rotatable bonds is 4. The Hall–Kier alpha value is -2.66. The number of ether oxygens (including phenoxy) is 2. The van der Waals surface area contributed by atoms with E-state index in [1.54, 1.807) is 14.2 Å². The molecule has 0 bridgehead atoms. The first-order valence-corrected chi connectivity index (χ1v) is 9.85. The molecular formula is C22H24ClN3O2. The first kappa shape index (κ1) is 18.7. The van der Waals surface area contributed by atoms with Gasteiger partial charge in [-0.05, 0) is 56.0 Å². The molecule has 5 nitrogen and oxygen atoms in total. The lowest BCUT2D eigenvalue weighted by molar-refractivity contribution is 0.395. The van der Waals surface area contributed by atoms with Crippen LogP contribution in [0.2, 0.25) is 5.02 Å². The largest absolute Gasteiger partial charge is 0.497 e. The van der Waals surface area contributed by atoms with E-state index in [9.17, 15) is 0 Å². The van der Waals surface area contributed by atoms with Crippen LogP contribution in [-0.2, 0) is 6.42 Å². The second kappa shape index (κ2) is 7.76. The summed E-state index contributed by atoms with van der Waals surface area (Å²) in [5, 5.41) is 9.33. The fraction of sp³-hybridized carbons (Fsp3) is 0.318. The third-order valence-corrected chi connectivity index (χ3v) is 5.67. The standard InChI is InChI=1S/C22H24ClN3O2/c1-14-18(23)8-6-9-19(14)26-22-17(7-4-5-12-24-22)21(25-26)16-11-10-15(27-2)13-20(16)28-3/h6,8-11,13,24H,4-5,7,12H2,1-3H3. The molecule has 2 aromatic carbocycles. The van der Waals surface area contributed by atoms with Crippen LogP contribution in [0.25, 0.3) is 16.9 Å². The fourth-order valence-corrected chi connectivity index (χ4v) is 3.88. The van der Waals surface area contributed by atoms with Crippen LogP contribution in [0.1, 0.15) is 24.0 Å². The number of benzene rings is 2. The Balaban J connectivity index is 1.95. The van der Waals surface area contributed by atoms with Crippen molar-refractivity contribution in [3.63, 3.8) is 0 Å².